The van der Waals surface area contributed by atoms with Crippen LogP contribution in [0.4, 0.5) is 26.3 Å². The first kappa shape index (κ1) is 24.0. The third kappa shape index (κ3) is 5.49. The van der Waals surface area contributed by atoms with Gasteiger partial charge in [0.15, 0.2) is 11.6 Å². The van der Waals surface area contributed by atoms with E-state index in [9.17, 15) is 26.3 Å². The molecular formula is C26H28F6O. The van der Waals surface area contributed by atoms with E-state index in [1.54, 1.807) is 6.07 Å². The van der Waals surface area contributed by atoms with Gasteiger partial charge >= 0.3 is 6.36 Å². The molecule has 4 rings (SSSR count). The average molecular weight is 470 g/mol. The molecule has 0 saturated heterocycles. The molecule has 2 aliphatic carbocycles. The minimum atomic E-state index is -5.23. The Labute approximate surface area is 190 Å². The molecule has 2 aromatic carbocycles. The monoisotopic (exact) mass is 470 g/mol. The molecule has 33 heavy (non-hydrogen) atoms. The van der Waals surface area contributed by atoms with Crippen molar-refractivity contribution in [3.63, 3.8) is 0 Å². The van der Waals surface area contributed by atoms with Gasteiger partial charge in [-0.3, -0.25) is 0 Å². The molecule has 0 amide bonds. The van der Waals surface area contributed by atoms with Crippen LogP contribution in [-0.2, 0) is 0 Å². The number of rotatable bonds is 5. The van der Waals surface area contributed by atoms with Crippen LogP contribution in [0.3, 0.4) is 0 Å². The fourth-order valence-electron chi connectivity index (χ4n) is 5.91. The van der Waals surface area contributed by atoms with Gasteiger partial charge in [0.25, 0.3) is 0 Å². The van der Waals surface area contributed by atoms with Gasteiger partial charge in [0.05, 0.1) is 0 Å². The largest absolute Gasteiger partial charge is 0.573 e. The Bertz CT molecular complexity index is 962. The van der Waals surface area contributed by atoms with Crippen LogP contribution in [-0.4, -0.2) is 6.36 Å². The highest BCUT2D eigenvalue weighted by Gasteiger charge is 2.36. The number of hydrogen-bond donors (Lipinski definition) is 0. The van der Waals surface area contributed by atoms with Crippen LogP contribution in [0.5, 0.6) is 5.75 Å². The average Bonchev–Trinajstić information content (AvgIpc) is 2.75. The lowest BCUT2D eigenvalue weighted by atomic mass is 9.63. The highest BCUT2D eigenvalue weighted by Crippen LogP contribution is 2.48. The molecule has 1 unspecified atom stereocenters. The van der Waals surface area contributed by atoms with Gasteiger partial charge in [-0.2, -0.15) is 0 Å². The van der Waals surface area contributed by atoms with Gasteiger partial charge in [-0.15, -0.1) is 13.2 Å². The van der Waals surface area contributed by atoms with E-state index in [0.717, 1.165) is 36.7 Å². The van der Waals surface area contributed by atoms with Crippen LogP contribution in [0.15, 0.2) is 30.3 Å². The van der Waals surface area contributed by atoms with Crippen molar-refractivity contribution >= 4 is 0 Å². The van der Waals surface area contributed by atoms with Crippen LogP contribution < -0.4 is 4.74 Å². The summed E-state index contributed by atoms with van der Waals surface area (Å²) in [5.74, 6) is -2.79. The van der Waals surface area contributed by atoms with Crippen molar-refractivity contribution in [3.05, 3.63) is 53.3 Å². The van der Waals surface area contributed by atoms with Crippen molar-refractivity contribution in [1.29, 1.82) is 0 Å². The van der Waals surface area contributed by atoms with Gasteiger partial charge < -0.3 is 4.74 Å². The van der Waals surface area contributed by atoms with E-state index in [1.165, 1.54) is 44.2 Å². The molecule has 4 atom stereocenters. The topological polar surface area (TPSA) is 9.23 Å². The normalized spacial score (nSPS) is 25.5. The lowest BCUT2D eigenvalue weighted by Crippen LogP contribution is -2.30. The van der Waals surface area contributed by atoms with Crippen LogP contribution >= 0.6 is 0 Å². The van der Waals surface area contributed by atoms with Crippen LogP contribution in [0.25, 0.3) is 11.1 Å². The first-order valence-electron chi connectivity index (χ1n) is 11.7. The highest BCUT2D eigenvalue weighted by molar-refractivity contribution is 5.66. The van der Waals surface area contributed by atoms with Gasteiger partial charge in [0, 0.05) is 5.56 Å². The zero-order valence-corrected chi connectivity index (χ0v) is 18.5. The van der Waals surface area contributed by atoms with E-state index >= 15 is 0 Å². The number of hydrogen-bond acceptors (Lipinski definition) is 1. The van der Waals surface area contributed by atoms with E-state index in [0.29, 0.717) is 18.1 Å². The molecule has 2 aliphatic rings. The molecule has 0 aromatic heterocycles. The maximum Gasteiger partial charge on any atom is 0.573 e. The first-order chi connectivity index (χ1) is 15.6. The lowest BCUT2D eigenvalue weighted by molar-refractivity contribution is -0.276. The Hall–Kier alpha value is -2.18. The summed E-state index contributed by atoms with van der Waals surface area (Å²) < 4.78 is 83.5. The van der Waals surface area contributed by atoms with E-state index in [4.69, 9.17) is 0 Å². The van der Waals surface area contributed by atoms with E-state index < -0.39 is 29.6 Å². The predicted molar refractivity (Wildman–Crippen MR) is 114 cm³/mol. The minimum absolute atomic E-state index is 0.0659. The fraction of sp³-hybridized carbons (Fsp3) is 0.538. The molecule has 7 heteroatoms. The second-order valence-electron chi connectivity index (χ2n) is 9.55. The second-order valence-corrected chi connectivity index (χ2v) is 9.55. The molecule has 180 valence electrons. The number of ether oxygens (including phenoxy) is 1. The Morgan fingerprint density at radius 2 is 1.52 bits per heavy atom. The third-order valence-corrected chi connectivity index (χ3v) is 7.41. The quantitative estimate of drug-likeness (QED) is 0.397. The second kappa shape index (κ2) is 9.59. The Morgan fingerprint density at radius 1 is 0.848 bits per heavy atom. The summed E-state index contributed by atoms with van der Waals surface area (Å²) in [6.07, 6.45) is 4.22. The maximum absolute atomic E-state index is 14.9. The third-order valence-electron chi connectivity index (χ3n) is 7.41. The van der Waals surface area contributed by atoms with Gasteiger partial charge in [-0.1, -0.05) is 38.3 Å². The molecular weight excluding hydrogens is 442 g/mol. The first-order valence-corrected chi connectivity index (χ1v) is 11.7. The summed E-state index contributed by atoms with van der Waals surface area (Å²) >= 11 is 0. The zero-order chi connectivity index (χ0) is 23.8. The molecule has 0 spiro atoms. The van der Waals surface area contributed by atoms with Crippen LogP contribution in [0.1, 0.15) is 69.8 Å². The smallest absolute Gasteiger partial charge is 0.399 e. The maximum atomic E-state index is 14.9. The Balaban J connectivity index is 1.49. The summed E-state index contributed by atoms with van der Waals surface area (Å²) in [7, 11) is 0. The molecule has 2 saturated carbocycles. The number of fused-ring (bicyclic) bond motifs is 1. The molecule has 0 N–H and O–H groups in total. The minimum Gasteiger partial charge on any atom is -0.399 e. The van der Waals surface area contributed by atoms with Crippen molar-refractivity contribution in [2.24, 2.45) is 17.8 Å². The molecule has 1 nitrogen and oxygen atoms in total. The SMILES string of the molecule is CCCC1CC[C@@H]2C[C@H](c3ccc(-c4cc(F)c(OC(F)(F)F)c(F)c4)c(F)c3)CC[C@@H]2C1. The van der Waals surface area contributed by atoms with Gasteiger partial charge in [-0.05, 0) is 85.1 Å². The summed E-state index contributed by atoms with van der Waals surface area (Å²) in [6.45, 7) is 2.23. The van der Waals surface area contributed by atoms with E-state index in [1.807, 2.05) is 0 Å². The highest BCUT2D eigenvalue weighted by atomic mass is 19.4. The molecule has 0 aliphatic heterocycles. The van der Waals surface area contributed by atoms with Gasteiger partial charge in [-0.25, -0.2) is 13.2 Å². The van der Waals surface area contributed by atoms with E-state index in [-0.39, 0.29) is 17.0 Å². The van der Waals surface area contributed by atoms with Crippen molar-refractivity contribution < 1.29 is 31.1 Å². The molecule has 2 fully saturated rings. The standard InChI is InChI=1S/C26H28F6O/c1-2-3-15-4-5-17-11-18(7-6-16(17)10-15)19-8-9-21(22(27)12-19)20-13-23(28)25(24(29)14-20)33-26(30,31)32/h8-9,12-18H,2-7,10-11H2,1H3/t15?,16-,17-,18-/m1/s1. The Kier molecular flexibility index (Phi) is 6.96. The van der Waals surface area contributed by atoms with Crippen molar-refractivity contribution in [1.82, 2.24) is 0 Å². The number of alkyl halides is 3. The number of halogens is 6. The predicted octanol–water partition coefficient (Wildman–Crippen LogP) is 8.77. The molecule has 0 bridgehead atoms. The zero-order valence-electron chi connectivity index (χ0n) is 18.5. The summed E-state index contributed by atoms with van der Waals surface area (Å²) in [6, 6.07) is 5.93. The molecule has 0 heterocycles. The van der Waals surface area contributed by atoms with Crippen molar-refractivity contribution in [3.8, 4) is 16.9 Å². The molecule has 2 aromatic rings. The fourth-order valence-corrected chi connectivity index (χ4v) is 5.91. The summed E-state index contributed by atoms with van der Waals surface area (Å²) in [5, 5.41) is 0. The summed E-state index contributed by atoms with van der Waals surface area (Å²) in [4.78, 5) is 0. The van der Waals surface area contributed by atoms with Crippen molar-refractivity contribution in [2.75, 3.05) is 0 Å². The van der Waals surface area contributed by atoms with Gasteiger partial charge in [0.2, 0.25) is 5.75 Å². The number of benzene rings is 2. The lowest BCUT2D eigenvalue weighted by Gasteiger charge is -2.42. The van der Waals surface area contributed by atoms with E-state index in [2.05, 4.69) is 11.7 Å². The summed E-state index contributed by atoms with van der Waals surface area (Å²) in [5.41, 5.74) is 0.619. The van der Waals surface area contributed by atoms with Crippen molar-refractivity contribution in [2.45, 2.75) is 70.6 Å². The van der Waals surface area contributed by atoms with Crippen LogP contribution in [0.2, 0.25) is 0 Å². The molecule has 0 radical (unpaired) electrons. The Morgan fingerprint density at radius 3 is 2.15 bits per heavy atom. The van der Waals surface area contributed by atoms with Gasteiger partial charge in [0.1, 0.15) is 5.82 Å². The van der Waals surface area contributed by atoms with Crippen LogP contribution in [0, 0.1) is 35.2 Å².